The smallest absolute Gasteiger partial charge is 0.341 e. The molecule has 1 aromatic carbocycles. The Balaban J connectivity index is 1.80. The van der Waals surface area contributed by atoms with E-state index in [4.69, 9.17) is 4.74 Å². The maximum absolute atomic E-state index is 12.5. The summed E-state index contributed by atoms with van der Waals surface area (Å²) in [5.74, 6) is -0.439. The van der Waals surface area contributed by atoms with E-state index in [1.54, 1.807) is 13.1 Å². The molecule has 0 spiro atoms. The first-order valence-corrected chi connectivity index (χ1v) is 10.2. The Morgan fingerprint density at radius 2 is 2.07 bits per heavy atom. The molecule has 0 radical (unpaired) electrons. The summed E-state index contributed by atoms with van der Waals surface area (Å²) < 4.78 is 7.05. The van der Waals surface area contributed by atoms with Crippen molar-refractivity contribution in [2.45, 2.75) is 12.1 Å². The van der Waals surface area contributed by atoms with E-state index in [0.717, 1.165) is 16.3 Å². The van der Waals surface area contributed by atoms with Crippen LogP contribution in [0.4, 0.5) is 5.00 Å². The van der Waals surface area contributed by atoms with Gasteiger partial charge in [0.05, 0.1) is 12.4 Å². The van der Waals surface area contributed by atoms with Crippen LogP contribution in [0, 0.1) is 0 Å². The van der Waals surface area contributed by atoms with Gasteiger partial charge < -0.3 is 14.6 Å². The highest BCUT2D eigenvalue weighted by Gasteiger charge is 2.22. The van der Waals surface area contributed by atoms with Crippen molar-refractivity contribution in [3.05, 3.63) is 53.7 Å². The summed E-state index contributed by atoms with van der Waals surface area (Å²) in [6.07, 6.45) is 3.51. The Hall–Kier alpha value is -2.58. The molecule has 0 atom stereocenters. The molecule has 1 N–H and O–H groups in total. The largest absolute Gasteiger partial charge is 0.462 e. The minimum atomic E-state index is -0.440. The lowest BCUT2D eigenvalue weighted by Crippen LogP contribution is -2.16. The first-order chi connectivity index (χ1) is 13.1. The molecule has 0 fully saturated rings. The summed E-state index contributed by atoms with van der Waals surface area (Å²) in [6, 6.07) is 9.57. The number of hydrogen-bond acceptors (Lipinski definition) is 6. The molecule has 27 heavy (non-hydrogen) atoms. The number of ether oxygens (including phenoxy) is 1. The number of carbonyl (C=O) groups is 2. The number of nitrogens with zero attached hydrogens (tertiary/aromatic N) is 2. The Kier molecular flexibility index (Phi) is 6.31. The molecule has 2 heterocycles. The summed E-state index contributed by atoms with van der Waals surface area (Å²) >= 11 is 2.65. The first kappa shape index (κ1) is 19.2. The van der Waals surface area contributed by atoms with Crippen molar-refractivity contribution in [2.24, 2.45) is 7.05 Å². The van der Waals surface area contributed by atoms with E-state index in [-0.39, 0.29) is 18.3 Å². The van der Waals surface area contributed by atoms with Gasteiger partial charge in [-0.1, -0.05) is 42.1 Å². The maximum atomic E-state index is 12.5. The van der Waals surface area contributed by atoms with Crippen molar-refractivity contribution < 1.29 is 14.3 Å². The second-order valence-corrected chi connectivity index (χ2v) is 7.42. The second kappa shape index (κ2) is 8.88. The number of thiophene rings is 1. The minimum absolute atomic E-state index is 0.199. The molecule has 0 saturated heterocycles. The number of nitrogens with one attached hydrogen (secondary N) is 1. The molecule has 0 aliphatic rings. The topological polar surface area (TPSA) is 73.2 Å². The van der Waals surface area contributed by atoms with Crippen LogP contribution in [-0.2, 0) is 16.6 Å². The van der Waals surface area contributed by atoms with E-state index in [2.05, 4.69) is 10.3 Å². The fourth-order valence-electron chi connectivity index (χ4n) is 2.47. The van der Waals surface area contributed by atoms with Gasteiger partial charge in [0, 0.05) is 30.4 Å². The molecule has 1 amide bonds. The highest BCUT2D eigenvalue weighted by atomic mass is 32.2. The summed E-state index contributed by atoms with van der Waals surface area (Å²) in [5.41, 5.74) is 2.05. The van der Waals surface area contributed by atoms with Gasteiger partial charge in [-0.2, -0.15) is 0 Å². The third kappa shape index (κ3) is 4.58. The van der Waals surface area contributed by atoms with Crippen LogP contribution >= 0.6 is 23.1 Å². The number of rotatable bonds is 7. The van der Waals surface area contributed by atoms with Gasteiger partial charge in [-0.15, -0.1) is 11.3 Å². The number of aromatic nitrogens is 2. The van der Waals surface area contributed by atoms with E-state index in [1.807, 2.05) is 53.5 Å². The molecule has 0 bridgehead atoms. The standard InChI is InChI=1S/C19H19N3O3S2/c1-3-25-18(24)16-14(13-7-5-4-6-8-13)11-26-17(16)21-15(23)12-27-19-20-9-10-22(19)2/h4-11H,3,12H2,1-2H3,(H,21,23). The third-order valence-electron chi connectivity index (χ3n) is 3.72. The zero-order valence-electron chi connectivity index (χ0n) is 15.0. The average molecular weight is 402 g/mol. The van der Waals surface area contributed by atoms with Gasteiger partial charge in [0.1, 0.15) is 10.6 Å². The Labute approximate surface area is 165 Å². The van der Waals surface area contributed by atoms with E-state index < -0.39 is 5.97 Å². The van der Waals surface area contributed by atoms with Gasteiger partial charge in [0.2, 0.25) is 5.91 Å². The van der Waals surface area contributed by atoms with Gasteiger partial charge in [-0.05, 0) is 12.5 Å². The molecule has 140 valence electrons. The molecule has 2 aromatic heterocycles. The summed E-state index contributed by atoms with van der Waals surface area (Å²) in [7, 11) is 1.87. The molecule has 0 unspecified atom stereocenters. The number of carbonyl (C=O) groups excluding carboxylic acids is 2. The fourth-order valence-corrected chi connectivity index (χ4v) is 4.18. The summed E-state index contributed by atoms with van der Waals surface area (Å²) in [6.45, 7) is 2.03. The quantitative estimate of drug-likeness (QED) is 0.477. The minimum Gasteiger partial charge on any atom is -0.462 e. The number of esters is 1. The Morgan fingerprint density at radius 3 is 2.74 bits per heavy atom. The monoisotopic (exact) mass is 401 g/mol. The SMILES string of the molecule is CCOC(=O)c1c(-c2ccccc2)csc1NC(=O)CSc1nccn1C. The molecule has 0 saturated carbocycles. The van der Waals surface area contributed by atoms with Crippen LogP contribution in [0.25, 0.3) is 11.1 Å². The zero-order valence-corrected chi connectivity index (χ0v) is 16.6. The van der Waals surface area contributed by atoms with Gasteiger partial charge in [0.15, 0.2) is 5.16 Å². The summed E-state index contributed by atoms with van der Waals surface area (Å²) in [5, 5.41) is 5.96. The number of benzene rings is 1. The number of thioether (sulfide) groups is 1. The van der Waals surface area contributed by atoms with Crippen LogP contribution in [-0.4, -0.2) is 33.8 Å². The highest BCUT2D eigenvalue weighted by Crippen LogP contribution is 2.36. The van der Waals surface area contributed by atoms with Crippen molar-refractivity contribution in [3.8, 4) is 11.1 Å². The lowest BCUT2D eigenvalue weighted by Gasteiger charge is -2.09. The Bertz CT molecular complexity index is 935. The number of imidazole rings is 1. The van der Waals surface area contributed by atoms with Crippen LogP contribution < -0.4 is 5.32 Å². The number of amides is 1. The lowest BCUT2D eigenvalue weighted by molar-refractivity contribution is -0.113. The normalized spacial score (nSPS) is 10.6. The molecule has 6 nitrogen and oxygen atoms in total. The van der Waals surface area contributed by atoms with E-state index >= 15 is 0 Å². The van der Waals surface area contributed by atoms with Crippen molar-refractivity contribution in [1.29, 1.82) is 0 Å². The fraction of sp³-hybridized carbons (Fsp3) is 0.211. The lowest BCUT2D eigenvalue weighted by atomic mass is 10.0. The van der Waals surface area contributed by atoms with Crippen LogP contribution in [0.5, 0.6) is 0 Å². The van der Waals surface area contributed by atoms with Gasteiger partial charge in [-0.3, -0.25) is 4.79 Å². The van der Waals surface area contributed by atoms with Crippen LogP contribution in [0.1, 0.15) is 17.3 Å². The van der Waals surface area contributed by atoms with Crippen molar-refractivity contribution in [2.75, 3.05) is 17.7 Å². The third-order valence-corrected chi connectivity index (χ3v) is 5.67. The van der Waals surface area contributed by atoms with Crippen LogP contribution in [0.3, 0.4) is 0 Å². The summed E-state index contributed by atoms with van der Waals surface area (Å²) in [4.78, 5) is 29.1. The molecule has 3 rings (SSSR count). The molecule has 8 heteroatoms. The van der Waals surface area contributed by atoms with Gasteiger partial charge in [-0.25, -0.2) is 9.78 Å². The molecule has 0 aliphatic heterocycles. The number of aryl methyl sites for hydroxylation is 1. The predicted molar refractivity (Wildman–Crippen MR) is 108 cm³/mol. The van der Waals surface area contributed by atoms with Gasteiger partial charge >= 0.3 is 5.97 Å². The van der Waals surface area contributed by atoms with Crippen molar-refractivity contribution in [3.63, 3.8) is 0 Å². The number of hydrogen-bond donors (Lipinski definition) is 1. The van der Waals surface area contributed by atoms with Crippen molar-refractivity contribution in [1.82, 2.24) is 9.55 Å². The zero-order chi connectivity index (χ0) is 19.2. The van der Waals surface area contributed by atoms with Crippen LogP contribution in [0.15, 0.2) is 53.3 Å². The van der Waals surface area contributed by atoms with Crippen molar-refractivity contribution >= 4 is 40.0 Å². The molecular weight excluding hydrogens is 382 g/mol. The van der Waals surface area contributed by atoms with E-state index in [0.29, 0.717) is 10.6 Å². The highest BCUT2D eigenvalue weighted by molar-refractivity contribution is 7.99. The number of anilines is 1. The second-order valence-electron chi connectivity index (χ2n) is 5.60. The molecular formula is C19H19N3O3S2. The Morgan fingerprint density at radius 1 is 1.30 bits per heavy atom. The molecule has 3 aromatic rings. The molecule has 0 aliphatic carbocycles. The van der Waals surface area contributed by atoms with Gasteiger partial charge in [0.25, 0.3) is 0 Å². The van der Waals surface area contributed by atoms with E-state index in [1.165, 1.54) is 23.1 Å². The van der Waals surface area contributed by atoms with E-state index in [9.17, 15) is 9.59 Å². The first-order valence-electron chi connectivity index (χ1n) is 8.34. The van der Waals surface area contributed by atoms with Crippen LogP contribution in [0.2, 0.25) is 0 Å². The predicted octanol–water partition coefficient (Wildman–Crippen LogP) is 4.06. The maximum Gasteiger partial charge on any atom is 0.341 e. The average Bonchev–Trinajstić information content (AvgIpc) is 3.27.